The molecular weight excluding hydrogens is 132 g/mol. The number of rotatable bonds is 1. The van der Waals surface area contributed by atoms with Crippen LogP contribution in [0.4, 0.5) is 5.95 Å². The Hall–Kier alpha value is -1.39. The Bertz CT molecular complexity index is 279. The lowest BCUT2D eigenvalue weighted by Gasteiger charge is -1.96. The minimum Gasteiger partial charge on any atom is -0.357 e. The zero-order valence-electron chi connectivity index (χ0n) is 5.83. The Morgan fingerprint density at radius 2 is 2.40 bits per heavy atom. The Morgan fingerprint density at radius 1 is 1.70 bits per heavy atom. The number of hydrogen-bond acceptors (Lipinski definition) is 4. The number of nitrogens with one attached hydrogen (secondary N) is 1. The normalized spacial score (nSPS) is 9.40. The molecule has 0 saturated carbocycles. The summed E-state index contributed by atoms with van der Waals surface area (Å²) in [4.78, 5) is 18.1. The van der Waals surface area contributed by atoms with Crippen molar-refractivity contribution >= 4 is 5.95 Å². The fourth-order valence-corrected chi connectivity index (χ4v) is 0.509. The summed E-state index contributed by atoms with van der Waals surface area (Å²) in [5.41, 5.74) is -0.306. The van der Waals surface area contributed by atoms with E-state index in [1.54, 1.807) is 14.1 Å². The zero-order valence-corrected chi connectivity index (χ0v) is 5.83. The van der Waals surface area contributed by atoms with E-state index >= 15 is 0 Å². The van der Waals surface area contributed by atoms with Crippen LogP contribution in [0.1, 0.15) is 0 Å². The van der Waals surface area contributed by atoms with E-state index < -0.39 is 0 Å². The van der Waals surface area contributed by atoms with E-state index in [0.29, 0.717) is 5.95 Å². The highest BCUT2D eigenvalue weighted by molar-refractivity contribution is 5.18. The molecule has 1 N–H and O–H groups in total. The molecule has 1 heterocycles. The first-order valence-corrected chi connectivity index (χ1v) is 2.81. The molecule has 0 radical (unpaired) electrons. The van der Waals surface area contributed by atoms with Crippen LogP contribution in [-0.4, -0.2) is 21.6 Å². The molecule has 0 aliphatic rings. The van der Waals surface area contributed by atoms with Gasteiger partial charge >= 0.3 is 5.69 Å². The molecule has 0 fully saturated rings. The Kier molecular flexibility index (Phi) is 1.66. The van der Waals surface area contributed by atoms with Crippen LogP contribution in [-0.2, 0) is 7.05 Å². The molecule has 0 aliphatic heterocycles. The minimum absolute atomic E-state index is 0.306. The lowest BCUT2D eigenvalue weighted by molar-refractivity contribution is 0.774. The summed E-state index contributed by atoms with van der Waals surface area (Å²) >= 11 is 0. The predicted octanol–water partition coefficient (Wildman–Crippen LogP) is -0.783. The van der Waals surface area contributed by atoms with Crippen molar-refractivity contribution in [3.63, 3.8) is 0 Å². The highest BCUT2D eigenvalue weighted by Crippen LogP contribution is 1.84. The third-order valence-electron chi connectivity index (χ3n) is 1.08. The SMILES string of the molecule is CNc1ncn(C)c(=O)n1. The maximum atomic E-state index is 10.8. The van der Waals surface area contributed by atoms with E-state index in [-0.39, 0.29) is 5.69 Å². The molecule has 0 unspecified atom stereocenters. The van der Waals surface area contributed by atoms with Crippen LogP contribution < -0.4 is 11.0 Å². The first-order valence-electron chi connectivity index (χ1n) is 2.81. The van der Waals surface area contributed by atoms with E-state index in [0.717, 1.165) is 0 Å². The standard InChI is InChI=1S/C5H8N4O/c1-6-4-7-3-9(2)5(10)8-4/h3H,1-2H3,(H,6,8,10). The van der Waals surface area contributed by atoms with Gasteiger partial charge in [-0.2, -0.15) is 4.98 Å². The summed E-state index contributed by atoms with van der Waals surface area (Å²) in [6.07, 6.45) is 1.42. The third-order valence-corrected chi connectivity index (χ3v) is 1.08. The maximum Gasteiger partial charge on any atom is 0.351 e. The topological polar surface area (TPSA) is 59.8 Å². The first kappa shape index (κ1) is 6.73. The van der Waals surface area contributed by atoms with Gasteiger partial charge in [0.1, 0.15) is 6.33 Å². The molecule has 0 amide bonds. The second kappa shape index (κ2) is 2.47. The fourth-order valence-electron chi connectivity index (χ4n) is 0.509. The predicted molar refractivity (Wildman–Crippen MR) is 36.8 cm³/mol. The number of hydrogen-bond donors (Lipinski definition) is 1. The van der Waals surface area contributed by atoms with E-state index in [1.165, 1.54) is 10.9 Å². The molecule has 1 aromatic heterocycles. The van der Waals surface area contributed by atoms with Gasteiger partial charge in [0.25, 0.3) is 0 Å². The summed E-state index contributed by atoms with van der Waals surface area (Å²) in [5, 5.41) is 2.66. The summed E-state index contributed by atoms with van der Waals surface area (Å²) in [6, 6.07) is 0. The summed E-state index contributed by atoms with van der Waals surface area (Å²) in [6.45, 7) is 0. The van der Waals surface area contributed by atoms with Gasteiger partial charge in [0.2, 0.25) is 5.95 Å². The number of aryl methyl sites for hydroxylation is 1. The van der Waals surface area contributed by atoms with Crippen LogP contribution in [0.2, 0.25) is 0 Å². The molecule has 0 aromatic carbocycles. The highest BCUT2D eigenvalue weighted by atomic mass is 16.1. The average Bonchev–Trinajstić information content (AvgIpc) is 1.95. The van der Waals surface area contributed by atoms with Gasteiger partial charge in [-0.1, -0.05) is 0 Å². The molecule has 5 heteroatoms. The van der Waals surface area contributed by atoms with Crippen molar-refractivity contribution in [3.05, 3.63) is 16.8 Å². The van der Waals surface area contributed by atoms with Crippen LogP contribution in [0.5, 0.6) is 0 Å². The van der Waals surface area contributed by atoms with Gasteiger partial charge in [-0.3, -0.25) is 4.57 Å². The minimum atomic E-state index is -0.306. The van der Waals surface area contributed by atoms with E-state index in [4.69, 9.17) is 0 Å². The fraction of sp³-hybridized carbons (Fsp3) is 0.400. The van der Waals surface area contributed by atoms with Crippen molar-refractivity contribution in [2.24, 2.45) is 7.05 Å². The molecule has 0 spiro atoms. The molecule has 10 heavy (non-hydrogen) atoms. The smallest absolute Gasteiger partial charge is 0.351 e. The van der Waals surface area contributed by atoms with Gasteiger partial charge in [-0.05, 0) is 0 Å². The van der Waals surface area contributed by atoms with Gasteiger partial charge in [0.05, 0.1) is 0 Å². The second-order valence-corrected chi connectivity index (χ2v) is 1.82. The molecule has 1 aromatic rings. The second-order valence-electron chi connectivity index (χ2n) is 1.82. The monoisotopic (exact) mass is 140 g/mol. The third kappa shape index (κ3) is 1.12. The Morgan fingerprint density at radius 3 is 2.90 bits per heavy atom. The first-order chi connectivity index (χ1) is 4.74. The molecule has 0 saturated heterocycles. The number of anilines is 1. The average molecular weight is 140 g/mol. The Balaban J connectivity index is 3.17. The van der Waals surface area contributed by atoms with Crippen molar-refractivity contribution < 1.29 is 0 Å². The van der Waals surface area contributed by atoms with Gasteiger partial charge in [0.15, 0.2) is 0 Å². The highest BCUT2D eigenvalue weighted by Gasteiger charge is 1.92. The molecular formula is C5H8N4O. The van der Waals surface area contributed by atoms with Crippen LogP contribution in [0, 0.1) is 0 Å². The molecule has 0 aliphatic carbocycles. The molecule has 5 nitrogen and oxygen atoms in total. The van der Waals surface area contributed by atoms with Crippen LogP contribution in [0.25, 0.3) is 0 Å². The summed E-state index contributed by atoms with van der Waals surface area (Å²) < 4.78 is 1.31. The van der Waals surface area contributed by atoms with E-state index in [1.807, 2.05) is 0 Å². The summed E-state index contributed by atoms with van der Waals surface area (Å²) in [7, 11) is 3.26. The van der Waals surface area contributed by atoms with Gasteiger partial charge in [0, 0.05) is 14.1 Å². The van der Waals surface area contributed by atoms with Crippen LogP contribution in [0.3, 0.4) is 0 Å². The Labute approximate surface area is 57.7 Å². The van der Waals surface area contributed by atoms with Gasteiger partial charge < -0.3 is 5.32 Å². The van der Waals surface area contributed by atoms with Gasteiger partial charge in [-0.15, -0.1) is 0 Å². The van der Waals surface area contributed by atoms with Crippen LogP contribution in [0.15, 0.2) is 11.1 Å². The molecule has 0 bridgehead atoms. The number of aromatic nitrogens is 3. The molecule has 1 rings (SSSR count). The number of nitrogens with zero attached hydrogens (tertiary/aromatic N) is 3. The zero-order chi connectivity index (χ0) is 7.56. The van der Waals surface area contributed by atoms with Crippen molar-refractivity contribution in [1.82, 2.24) is 14.5 Å². The lowest BCUT2D eigenvalue weighted by atomic mass is 10.9. The van der Waals surface area contributed by atoms with E-state index in [9.17, 15) is 4.79 Å². The lowest BCUT2D eigenvalue weighted by Crippen LogP contribution is -2.21. The maximum absolute atomic E-state index is 10.8. The van der Waals surface area contributed by atoms with Crippen molar-refractivity contribution in [2.45, 2.75) is 0 Å². The van der Waals surface area contributed by atoms with Crippen molar-refractivity contribution in [2.75, 3.05) is 12.4 Å². The molecule has 0 atom stereocenters. The van der Waals surface area contributed by atoms with E-state index in [2.05, 4.69) is 15.3 Å². The van der Waals surface area contributed by atoms with Gasteiger partial charge in [-0.25, -0.2) is 9.78 Å². The summed E-state index contributed by atoms with van der Waals surface area (Å²) in [5.74, 6) is 0.350. The quantitative estimate of drug-likeness (QED) is 0.555. The van der Waals surface area contributed by atoms with Crippen molar-refractivity contribution in [1.29, 1.82) is 0 Å². The van der Waals surface area contributed by atoms with Crippen molar-refractivity contribution in [3.8, 4) is 0 Å². The largest absolute Gasteiger partial charge is 0.357 e. The van der Waals surface area contributed by atoms with Crippen LogP contribution >= 0.6 is 0 Å². The molecule has 54 valence electrons.